The minimum Gasteiger partial charge on any atom is -0.348 e. The number of sulfonamides is 1. The van der Waals surface area contributed by atoms with Crippen LogP contribution in [0.5, 0.6) is 0 Å². The fourth-order valence-electron chi connectivity index (χ4n) is 3.32. The minimum atomic E-state index is -3.74. The maximum absolute atomic E-state index is 12.8. The highest BCUT2D eigenvalue weighted by Crippen LogP contribution is 2.23. The summed E-state index contributed by atoms with van der Waals surface area (Å²) in [6, 6.07) is 17.0. The maximum Gasteiger partial charge on any atom is 0.348 e. The van der Waals surface area contributed by atoms with Gasteiger partial charge >= 0.3 is 16.3 Å². The number of pyridine rings is 1. The van der Waals surface area contributed by atoms with E-state index in [0.717, 1.165) is 11.1 Å². The first-order valence-electron chi connectivity index (χ1n) is 10.4. The van der Waals surface area contributed by atoms with E-state index in [2.05, 4.69) is 13.9 Å². The number of benzene rings is 2. The Kier molecular flexibility index (Phi) is 9.59. The molecule has 7 nitrogen and oxygen atoms in total. The fraction of sp³-hybridized carbons (Fsp3) is 0.167. The van der Waals surface area contributed by atoms with Gasteiger partial charge in [-0.2, -0.15) is 4.21 Å². The molecule has 3 rings (SSSR count). The van der Waals surface area contributed by atoms with E-state index in [4.69, 9.17) is 22.3 Å². The summed E-state index contributed by atoms with van der Waals surface area (Å²) in [6.45, 7) is 1.68. The molecule has 0 fully saturated rings. The second-order valence-corrected chi connectivity index (χ2v) is 11.1. The van der Waals surface area contributed by atoms with Crippen molar-refractivity contribution in [2.45, 2.75) is 24.2 Å². The number of hydrogen-bond acceptors (Lipinski definition) is 6. The molecular formula is C24H22Cl2N2O5S2. The zero-order valence-electron chi connectivity index (χ0n) is 18.6. The van der Waals surface area contributed by atoms with Gasteiger partial charge in [0.25, 0.3) is 0 Å². The van der Waals surface area contributed by atoms with Crippen molar-refractivity contribution in [2.75, 3.05) is 6.54 Å². The highest BCUT2D eigenvalue weighted by Gasteiger charge is 2.19. The monoisotopic (exact) mass is 552 g/mol. The topological polar surface area (TPSA) is 102 Å². The Labute approximate surface area is 216 Å². The molecule has 1 N–H and O–H groups in total. The Morgan fingerprint density at radius 3 is 2.43 bits per heavy atom. The van der Waals surface area contributed by atoms with Crippen molar-refractivity contribution in [1.82, 2.24) is 9.71 Å². The Bertz CT molecular complexity index is 1310. The van der Waals surface area contributed by atoms with Crippen molar-refractivity contribution in [1.29, 1.82) is 0 Å². The Hall–Kier alpha value is -2.56. The molecule has 0 aliphatic heterocycles. The van der Waals surface area contributed by atoms with Crippen molar-refractivity contribution in [3.63, 3.8) is 0 Å². The number of nitrogens with one attached hydrogen (secondary N) is 1. The summed E-state index contributed by atoms with van der Waals surface area (Å²) in [6.07, 6.45) is 5.55. The lowest BCUT2D eigenvalue weighted by atomic mass is 9.92. The molecule has 0 saturated carbocycles. The third-order valence-corrected chi connectivity index (χ3v) is 7.27. The molecule has 0 radical (unpaired) electrons. The van der Waals surface area contributed by atoms with E-state index in [0.29, 0.717) is 17.0 Å². The van der Waals surface area contributed by atoms with Gasteiger partial charge in [-0.3, -0.25) is 4.98 Å². The molecule has 0 bridgehead atoms. The zero-order valence-corrected chi connectivity index (χ0v) is 21.7. The smallest absolute Gasteiger partial charge is 0.348 e. The molecule has 0 amide bonds. The molecule has 184 valence electrons. The van der Waals surface area contributed by atoms with Crippen LogP contribution in [-0.4, -0.2) is 30.1 Å². The van der Waals surface area contributed by atoms with Crippen LogP contribution in [0.25, 0.3) is 6.08 Å². The van der Waals surface area contributed by atoms with Crippen LogP contribution in [0.3, 0.4) is 0 Å². The number of carbonyl (C=O) groups is 1. The van der Waals surface area contributed by atoms with Crippen LogP contribution >= 0.6 is 22.3 Å². The lowest BCUT2D eigenvalue weighted by Crippen LogP contribution is -2.29. The van der Waals surface area contributed by atoms with Gasteiger partial charge in [0, 0.05) is 46.1 Å². The number of carbonyl (C=O) groups excluding carboxylic acids is 1. The molecule has 0 spiro atoms. The third-order valence-electron chi connectivity index (χ3n) is 5.10. The molecular weight excluding hydrogens is 531 g/mol. The third kappa shape index (κ3) is 8.26. The number of halogens is 2. The summed E-state index contributed by atoms with van der Waals surface area (Å²) in [4.78, 5) is 16.1. The molecule has 11 heteroatoms. The van der Waals surface area contributed by atoms with E-state index in [1.807, 2.05) is 24.3 Å². The molecule has 0 aliphatic carbocycles. The Morgan fingerprint density at radius 1 is 1.14 bits per heavy atom. The summed E-state index contributed by atoms with van der Waals surface area (Å²) in [7, 11) is -0.759. The molecule has 3 aromatic rings. The van der Waals surface area contributed by atoms with Crippen LogP contribution in [-0.2, 0) is 35.7 Å². The van der Waals surface area contributed by atoms with E-state index in [1.54, 1.807) is 30.6 Å². The summed E-state index contributed by atoms with van der Waals surface area (Å²) >= 11 is 5.87. The highest BCUT2D eigenvalue weighted by atomic mass is 35.7. The predicted molar refractivity (Wildman–Crippen MR) is 138 cm³/mol. The van der Waals surface area contributed by atoms with Crippen LogP contribution in [0.2, 0.25) is 5.02 Å². The summed E-state index contributed by atoms with van der Waals surface area (Å²) in [5, 5.41) is 0.451. The molecule has 2 atom stereocenters. The van der Waals surface area contributed by atoms with Gasteiger partial charge < -0.3 is 4.18 Å². The number of nitrogens with zero attached hydrogens (tertiary/aromatic N) is 1. The van der Waals surface area contributed by atoms with E-state index in [9.17, 15) is 17.4 Å². The molecule has 2 aromatic carbocycles. The van der Waals surface area contributed by atoms with Gasteiger partial charge in [-0.15, -0.1) is 0 Å². The molecule has 0 saturated heterocycles. The van der Waals surface area contributed by atoms with Gasteiger partial charge in [-0.05, 0) is 66.4 Å². The molecule has 1 aromatic heterocycles. The lowest BCUT2D eigenvalue weighted by molar-refractivity contribution is -0.128. The summed E-state index contributed by atoms with van der Waals surface area (Å²) in [5.74, 6) is -0.975. The van der Waals surface area contributed by atoms with Crippen LogP contribution < -0.4 is 4.72 Å². The highest BCUT2D eigenvalue weighted by molar-refractivity contribution is 8.04. The van der Waals surface area contributed by atoms with Gasteiger partial charge in [0.1, 0.15) is 0 Å². The molecule has 35 heavy (non-hydrogen) atoms. The minimum absolute atomic E-state index is 0.128. The quantitative estimate of drug-likeness (QED) is 0.286. The van der Waals surface area contributed by atoms with E-state index >= 15 is 0 Å². The molecule has 1 heterocycles. The van der Waals surface area contributed by atoms with Crippen LogP contribution in [0, 0.1) is 0 Å². The SMILES string of the molecule is CC(=Cc1ccc(C(CNS(=O)(=O)c2ccc(Cl)cc2)Cc2cccnc2)cc1)C(=O)OS(=O)Cl. The van der Waals surface area contributed by atoms with Gasteiger partial charge in [0.05, 0.1) is 4.90 Å². The van der Waals surface area contributed by atoms with Crippen molar-refractivity contribution in [3.05, 3.63) is 100 Å². The summed E-state index contributed by atoms with van der Waals surface area (Å²) < 4.78 is 43.6. The average molecular weight is 553 g/mol. The first kappa shape index (κ1) is 27.0. The van der Waals surface area contributed by atoms with Gasteiger partial charge in [-0.25, -0.2) is 17.9 Å². The predicted octanol–water partition coefficient (Wildman–Crippen LogP) is 4.80. The second-order valence-electron chi connectivity index (χ2n) is 7.63. The Balaban J connectivity index is 1.81. The van der Waals surface area contributed by atoms with Gasteiger partial charge in [0.15, 0.2) is 0 Å². The fourth-order valence-corrected chi connectivity index (χ4v) is 4.95. The van der Waals surface area contributed by atoms with Crippen LogP contribution in [0.15, 0.2) is 83.5 Å². The van der Waals surface area contributed by atoms with Crippen molar-refractivity contribution in [2.24, 2.45) is 0 Å². The van der Waals surface area contributed by atoms with Crippen molar-refractivity contribution >= 4 is 54.6 Å². The standard InChI is InChI=1S/C24H22Cl2N2O5S2/c1-17(24(29)33-34(26)30)13-18-4-6-20(7-5-18)21(14-19-3-2-12-27-15-19)16-28-35(31,32)23-10-8-22(25)9-11-23/h2-13,15,21,28H,14,16H2,1H3. The Morgan fingerprint density at radius 2 is 1.83 bits per heavy atom. The normalized spacial score (nSPS) is 13.7. The van der Waals surface area contributed by atoms with E-state index in [-0.39, 0.29) is 22.9 Å². The van der Waals surface area contributed by atoms with Crippen LogP contribution in [0.4, 0.5) is 0 Å². The van der Waals surface area contributed by atoms with Gasteiger partial charge in [-0.1, -0.05) is 41.9 Å². The lowest BCUT2D eigenvalue weighted by Gasteiger charge is -2.19. The van der Waals surface area contributed by atoms with E-state index < -0.39 is 26.3 Å². The second kappa shape index (κ2) is 12.4. The number of hydrogen-bond donors (Lipinski definition) is 1. The first-order chi connectivity index (χ1) is 16.6. The maximum atomic E-state index is 12.8. The molecule has 0 aliphatic rings. The van der Waals surface area contributed by atoms with Crippen molar-refractivity contribution < 1.29 is 21.6 Å². The largest absolute Gasteiger partial charge is 0.348 e. The number of rotatable bonds is 10. The summed E-state index contributed by atoms with van der Waals surface area (Å²) in [5.41, 5.74) is 2.80. The average Bonchev–Trinajstić information content (AvgIpc) is 2.83. The first-order valence-corrected chi connectivity index (χ1v) is 14.1. The van der Waals surface area contributed by atoms with Gasteiger partial charge in [0.2, 0.25) is 10.0 Å². The van der Waals surface area contributed by atoms with Crippen molar-refractivity contribution in [3.8, 4) is 0 Å². The van der Waals surface area contributed by atoms with Crippen LogP contribution in [0.1, 0.15) is 29.5 Å². The zero-order chi connectivity index (χ0) is 25.4. The van der Waals surface area contributed by atoms with E-state index in [1.165, 1.54) is 31.2 Å². The molecule has 2 unspecified atom stereocenters. The number of aromatic nitrogens is 1.